The second-order valence-corrected chi connectivity index (χ2v) is 6.28. The maximum Gasteiger partial charge on any atom is 0.232 e. The number of nitrogens with zero attached hydrogens (tertiary/aromatic N) is 1. The Balaban J connectivity index is 1.91. The fourth-order valence-corrected chi connectivity index (χ4v) is 3.63. The molecule has 3 heteroatoms. The van der Waals surface area contributed by atoms with E-state index in [0.717, 1.165) is 25.8 Å². The Morgan fingerprint density at radius 1 is 1.33 bits per heavy atom. The van der Waals surface area contributed by atoms with Crippen LogP contribution in [0, 0.1) is 0 Å². The minimum atomic E-state index is 0.108. The number of carbonyl (C=O) groups excluding carboxylic acids is 1. The highest BCUT2D eigenvalue weighted by molar-refractivity contribution is 7.81. The lowest BCUT2D eigenvalue weighted by Gasteiger charge is -2.25. The summed E-state index contributed by atoms with van der Waals surface area (Å²) < 4.78 is 0. The topological polar surface area (TPSA) is 20.3 Å². The molecule has 1 atom stereocenters. The van der Waals surface area contributed by atoms with E-state index in [1.807, 2.05) is 6.07 Å². The molecule has 0 N–H and O–H groups in total. The minimum absolute atomic E-state index is 0.108. The Hall–Kier alpha value is -0.960. The van der Waals surface area contributed by atoms with Crippen molar-refractivity contribution >= 4 is 18.5 Å². The van der Waals surface area contributed by atoms with E-state index >= 15 is 0 Å². The summed E-state index contributed by atoms with van der Waals surface area (Å²) in [6, 6.07) is 10.6. The number of hydrogen-bond acceptors (Lipinski definition) is 2. The Morgan fingerprint density at radius 2 is 2.00 bits per heavy atom. The van der Waals surface area contributed by atoms with Gasteiger partial charge >= 0.3 is 0 Å². The number of thiol groups is 1. The average molecular weight is 261 g/mol. The lowest BCUT2D eigenvalue weighted by Crippen LogP contribution is -2.39. The summed E-state index contributed by atoms with van der Waals surface area (Å²) in [7, 11) is 0. The molecule has 1 heterocycles. The van der Waals surface area contributed by atoms with Gasteiger partial charge in [0, 0.05) is 17.5 Å². The Bertz CT molecular complexity index is 469. The normalized spacial score (nSPS) is 28.7. The van der Waals surface area contributed by atoms with Gasteiger partial charge in [-0.2, -0.15) is 12.6 Å². The Kier molecular flexibility index (Phi) is 2.70. The first-order valence-electron chi connectivity index (χ1n) is 6.57. The zero-order chi connectivity index (χ0) is 12.8. The molecule has 1 aromatic carbocycles. The third-order valence-electron chi connectivity index (χ3n) is 4.53. The fraction of sp³-hybridized carbons (Fsp3) is 0.533. The standard InChI is InChI=1S/C15H19NOS/c1-14(12-5-3-2-4-6-12)10-15(7-8-15)16(11-14)13(17)9-18/h2-6,18H,7-11H2,1H3/t14-/m1/s1. The maximum absolute atomic E-state index is 12.0. The first-order chi connectivity index (χ1) is 8.60. The summed E-state index contributed by atoms with van der Waals surface area (Å²) in [5, 5.41) is 0. The van der Waals surface area contributed by atoms with Crippen LogP contribution in [0.1, 0.15) is 31.7 Å². The molecular weight excluding hydrogens is 242 g/mol. The van der Waals surface area contributed by atoms with Crippen LogP contribution in [0.4, 0.5) is 0 Å². The van der Waals surface area contributed by atoms with Crippen LogP contribution in [0.25, 0.3) is 0 Å². The van der Waals surface area contributed by atoms with Gasteiger partial charge in [-0.05, 0) is 24.8 Å². The number of likely N-dealkylation sites (tertiary alicyclic amines) is 1. The molecular formula is C15H19NOS. The minimum Gasteiger partial charge on any atom is -0.335 e. The van der Waals surface area contributed by atoms with Gasteiger partial charge in [0.1, 0.15) is 0 Å². The van der Waals surface area contributed by atoms with Crippen molar-refractivity contribution < 1.29 is 4.79 Å². The van der Waals surface area contributed by atoms with E-state index in [4.69, 9.17) is 0 Å². The smallest absolute Gasteiger partial charge is 0.232 e. The molecule has 2 aliphatic rings. The molecule has 0 unspecified atom stereocenters. The molecule has 1 aliphatic heterocycles. The van der Waals surface area contributed by atoms with Crippen molar-refractivity contribution in [3.63, 3.8) is 0 Å². The van der Waals surface area contributed by atoms with Crippen molar-refractivity contribution in [3.05, 3.63) is 35.9 Å². The summed E-state index contributed by atoms with van der Waals surface area (Å²) in [6.07, 6.45) is 3.42. The molecule has 1 amide bonds. The van der Waals surface area contributed by atoms with Crippen LogP contribution in [-0.2, 0) is 10.2 Å². The fourth-order valence-electron chi connectivity index (χ4n) is 3.46. The molecule has 96 valence electrons. The third-order valence-corrected chi connectivity index (χ3v) is 4.80. The second kappa shape index (κ2) is 4.02. The van der Waals surface area contributed by atoms with E-state index in [0.29, 0.717) is 5.75 Å². The molecule has 1 aromatic rings. The first-order valence-corrected chi connectivity index (χ1v) is 7.20. The van der Waals surface area contributed by atoms with E-state index in [9.17, 15) is 4.79 Å². The van der Waals surface area contributed by atoms with Crippen molar-refractivity contribution in [1.82, 2.24) is 4.90 Å². The van der Waals surface area contributed by atoms with Gasteiger partial charge in [-0.25, -0.2) is 0 Å². The van der Waals surface area contributed by atoms with Gasteiger partial charge in [0.15, 0.2) is 0 Å². The molecule has 0 bridgehead atoms. The molecule has 1 saturated carbocycles. The molecule has 3 rings (SSSR count). The average Bonchev–Trinajstić information content (AvgIpc) is 3.08. The summed E-state index contributed by atoms with van der Waals surface area (Å²) in [5.41, 5.74) is 1.62. The summed E-state index contributed by atoms with van der Waals surface area (Å²) in [5.74, 6) is 0.516. The van der Waals surface area contributed by atoms with Crippen molar-refractivity contribution in [2.24, 2.45) is 0 Å². The number of benzene rings is 1. The highest BCUT2D eigenvalue weighted by atomic mass is 32.1. The highest BCUT2D eigenvalue weighted by Gasteiger charge is 2.59. The van der Waals surface area contributed by atoms with Crippen LogP contribution in [0.5, 0.6) is 0 Å². The zero-order valence-corrected chi connectivity index (χ0v) is 11.6. The highest BCUT2D eigenvalue weighted by Crippen LogP contribution is 2.56. The van der Waals surface area contributed by atoms with Crippen LogP contribution in [-0.4, -0.2) is 28.6 Å². The van der Waals surface area contributed by atoms with Crippen LogP contribution < -0.4 is 0 Å². The van der Waals surface area contributed by atoms with E-state index in [-0.39, 0.29) is 16.9 Å². The summed E-state index contributed by atoms with van der Waals surface area (Å²) >= 11 is 4.15. The number of rotatable bonds is 2. The molecule has 0 radical (unpaired) electrons. The molecule has 1 spiro atoms. The zero-order valence-electron chi connectivity index (χ0n) is 10.7. The van der Waals surface area contributed by atoms with Crippen molar-refractivity contribution in [1.29, 1.82) is 0 Å². The van der Waals surface area contributed by atoms with Gasteiger partial charge in [0.25, 0.3) is 0 Å². The monoisotopic (exact) mass is 261 g/mol. The molecule has 2 fully saturated rings. The van der Waals surface area contributed by atoms with Crippen molar-refractivity contribution in [2.75, 3.05) is 12.3 Å². The van der Waals surface area contributed by atoms with E-state index < -0.39 is 0 Å². The van der Waals surface area contributed by atoms with Crippen molar-refractivity contribution in [2.45, 2.75) is 37.1 Å². The van der Waals surface area contributed by atoms with Gasteiger partial charge in [0.2, 0.25) is 5.91 Å². The lowest BCUT2D eigenvalue weighted by atomic mass is 9.80. The van der Waals surface area contributed by atoms with Crippen LogP contribution >= 0.6 is 12.6 Å². The van der Waals surface area contributed by atoms with Crippen LogP contribution in [0.2, 0.25) is 0 Å². The van der Waals surface area contributed by atoms with Crippen LogP contribution in [0.15, 0.2) is 30.3 Å². The number of amides is 1. The molecule has 0 aromatic heterocycles. The molecule has 18 heavy (non-hydrogen) atoms. The van der Waals surface area contributed by atoms with Gasteiger partial charge in [-0.3, -0.25) is 4.79 Å². The predicted molar refractivity (Wildman–Crippen MR) is 75.9 cm³/mol. The lowest BCUT2D eigenvalue weighted by molar-refractivity contribution is -0.129. The van der Waals surface area contributed by atoms with Gasteiger partial charge in [-0.1, -0.05) is 37.3 Å². The van der Waals surface area contributed by atoms with Gasteiger partial charge in [0.05, 0.1) is 5.75 Å². The largest absolute Gasteiger partial charge is 0.335 e. The number of hydrogen-bond donors (Lipinski definition) is 1. The van der Waals surface area contributed by atoms with Crippen LogP contribution in [0.3, 0.4) is 0 Å². The maximum atomic E-state index is 12.0. The van der Waals surface area contributed by atoms with Gasteiger partial charge in [-0.15, -0.1) is 0 Å². The predicted octanol–water partition coefficient (Wildman–Crippen LogP) is 2.64. The first kappa shape index (κ1) is 12.1. The Morgan fingerprint density at radius 3 is 2.56 bits per heavy atom. The van der Waals surface area contributed by atoms with E-state index in [1.165, 1.54) is 5.56 Å². The number of carbonyl (C=O) groups is 1. The third kappa shape index (κ3) is 1.76. The van der Waals surface area contributed by atoms with E-state index in [2.05, 4.69) is 48.7 Å². The Labute approximate surface area is 114 Å². The van der Waals surface area contributed by atoms with E-state index in [1.54, 1.807) is 0 Å². The summed E-state index contributed by atoms with van der Waals surface area (Å²) in [6.45, 7) is 3.13. The van der Waals surface area contributed by atoms with Crippen molar-refractivity contribution in [3.8, 4) is 0 Å². The molecule has 1 aliphatic carbocycles. The van der Waals surface area contributed by atoms with Gasteiger partial charge < -0.3 is 4.90 Å². The summed E-state index contributed by atoms with van der Waals surface area (Å²) in [4.78, 5) is 14.1. The SMILES string of the molecule is C[C@]1(c2ccccc2)CN(C(=O)CS)C2(CC2)C1. The molecule has 2 nitrogen and oxygen atoms in total. The molecule has 1 saturated heterocycles. The quantitative estimate of drug-likeness (QED) is 0.812. The second-order valence-electron chi connectivity index (χ2n) is 5.97.